The van der Waals surface area contributed by atoms with E-state index in [0.29, 0.717) is 0 Å². The van der Waals surface area contributed by atoms with Crippen LogP contribution in [-0.2, 0) is 0 Å². The SMILES string of the molecule is O[C@@H]1CCC[C@H]1NCCN[C@H]1CCC[C@@H]1O. The van der Waals surface area contributed by atoms with Gasteiger partial charge in [0, 0.05) is 25.2 Å². The predicted molar refractivity (Wildman–Crippen MR) is 63.3 cm³/mol. The number of aliphatic hydroxyl groups excluding tert-OH is 2. The van der Waals surface area contributed by atoms with Crippen molar-refractivity contribution < 1.29 is 10.2 Å². The summed E-state index contributed by atoms with van der Waals surface area (Å²) in [5.41, 5.74) is 0. The first-order valence-corrected chi connectivity index (χ1v) is 6.60. The van der Waals surface area contributed by atoms with E-state index in [1.54, 1.807) is 0 Å². The molecule has 4 nitrogen and oxygen atoms in total. The molecule has 0 bridgehead atoms. The minimum Gasteiger partial charge on any atom is -0.392 e. The number of aliphatic hydroxyl groups is 2. The van der Waals surface area contributed by atoms with Gasteiger partial charge in [0.05, 0.1) is 12.2 Å². The third kappa shape index (κ3) is 3.17. The number of nitrogens with one attached hydrogen (secondary N) is 2. The maximum Gasteiger partial charge on any atom is 0.0693 e. The van der Waals surface area contributed by atoms with Crippen molar-refractivity contribution in [3.63, 3.8) is 0 Å². The molecule has 0 heterocycles. The molecule has 2 saturated carbocycles. The smallest absolute Gasteiger partial charge is 0.0693 e. The van der Waals surface area contributed by atoms with E-state index in [2.05, 4.69) is 10.6 Å². The number of rotatable bonds is 5. The van der Waals surface area contributed by atoms with Gasteiger partial charge in [-0.2, -0.15) is 0 Å². The Bertz CT molecular complexity index is 191. The van der Waals surface area contributed by atoms with Crippen LogP contribution in [0.1, 0.15) is 38.5 Å². The largest absolute Gasteiger partial charge is 0.392 e. The van der Waals surface area contributed by atoms with E-state index in [-0.39, 0.29) is 24.3 Å². The van der Waals surface area contributed by atoms with E-state index in [9.17, 15) is 10.2 Å². The van der Waals surface area contributed by atoms with Crippen molar-refractivity contribution in [1.82, 2.24) is 10.6 Å². The predicted octanol–water partition coefficient (Wildman–Crippen LogP) is -0.00760. The highest BCUT2D eigenvalue weighted by atomic mass is 16.3. The quantitative estimate of drug-likeness (QED) is 0.500. The van der Waals surface area contributed by atoms with Crippen LogP contribution in [0, 0.1) is 0 Å². The van der Waals surface area contributed by atoms with Gasteiger partial charge < -0.3 is 20.8 Å². The maximum absolute atomic E-state index is 9.62. The lowest BCUT2D eigenvalue weighted by Crippen LogP contribution is -2.43. The Morgan fingerprint density at radius 3 is 1.50 bits per heavy atom. The summed E-state index contributed by atoms with van der Waals surface area (Å²) in [6.07, 6.45) is 6.01. The van der Waals surface area contributed by atoms with Gasteiger partial charge in [0.1, 0.15) is 0 Å². The molecule has 0 aromatic heterocycles. The van der Waals surface area contributed by atoms with E-state index in [4.69, 9.17) is 0 Å². The molecule has 0 saturated heterocycles. The molecule has 2 fully saturated rings. The molecule has 2 aliphatic rings. The van der Waals surface area contributed by atoms with E-state index in [1.807, 2.05) is 0 Å². The topological polar surface area (TPSA) is 64.5 Å². The van der Waals surface area contributed by atoms with Crippen molar-refractivity contribution >= 4 is 0 Å². The van der Waals surface area contributed by atoms with Gasteiger partial charge in [0.25, 0.3) is 0 Å². The van der Waals surface area contributed by atoms with Crippen LogP contribution in [-0.4, -0.2) is 47.6 Å². The van der Waals surface area contributed by atoms with Crippen LogP contribution in [0.25, 0.3) is 0 Å². The third-order valence-corrected chi connectivity index (χ3v) is 3.90. The summed E-state index contributed by atoms with van der Waals surface area (Å²) in [6.45, 7) is 1.76. The first-order chi connectivity index (χ1) is 7.77. The van der Waals surface area contributed by atoms with Crippen LogP contribution in [0.2, 0.25) is 0 Å². The molecule has 0 unspecified atom stereocenters. The standard InChI is InChI=1S/C12H24N2O2/c15-11-5-1-3-9(11)13-7-8-14-10-4-2-6-12(10)16/h9-16H,1-8H2/t9-,10+,11-,12+. The van der Waals surface area contributed by atoms with Crippen molar-refractivity contribution in [2.75, 3.05) is 13.1 Å². The molecule has 0 spiro atoms. The average molecular weight is 228 g/mol. The first kappa shape index (κ1) is 12.3. The van der Waals surface area contributed by atoms with Gasteiger partial charge in [-0.15, -0.1) is 0 Å². The van der Waals surface area contributed by atoms with Gasteiger partial charge in [-0.1, -0.05) is 0 Å². The molecule has 4 N–H and O–H groups in total. The molecule has 94 valence electrons. The summed E-state index contributed by atoms with van der Waals surface area (Å²) in [5, 5.41) is 26.0. The fraction of sp³-hybridized carbons (Fsp3) is 1.00. The van der Waals surface area contributed by atoms with Crippen LogP contribution in [0.5, 0.6) is 0 Å². The lowest BCUT2D eigenvalue weighted by Gasteiger charge is -2.19. The minimum absolute atomic E-state index is 0.155. The molecule has 0 aromatic rings. The number of hydrogen-bond acceptors (Lipinski definition) is 4. The maximum atomic E-state index is 9.62. The highest BCUT2D eigenvalue weighted by Gasteiger charge is 2.25. The molecular formula is C12H24N2O2. The molecule has 0 amide bonds. The van der Waals surface area contributed by atoms with Gasteiger partial charge in [-0.25, -0.2) is 0 Å². The molecule has 2 aliphatic carbocycles. The Hall–Kier alpha value is -0.160. The minimum atomic E-state index is -0.155. The second-order valence-corrected chi connectivity index (χ2v) is 5.12. The van der Waals surface area contributed by atoms with Gasteiger partial charge in [-0.05, 0) is 38.5 Å². The third-order valence-electron chi connectivity index (χ3n) is 3.90. The zero-order chi connectivity index (χ0) is 11.4. The highest BCUT2D eigenvalue weighted by Crippen LogP contribution is 2.19. The zero-order valence-corrected chi connectivity index (χ0v) is 9.86. The van der Waals surface area contributed by atoms with Crippen LogP contribution in [0.4, 0.5) is 0 Å². The van der Waals surface area contributed by atoms with Crippen molar-refractivity contribution in [3.8, 4) is 0 Å². The van der Waals surface area contributed by atoms with Crippen LogP contribution < -0.4 is 10.6 Å². The Kier molecular flexibility index (Phi) is 4.58. The summed E-state index contributed by atoms with van der Waals surface area (Å²) in [6, 6.07) is 0.575. The monoisotopic (exact) mass is 228 g/mol. The summed E-state index contributed by atoms with van der Waals surface area (Å²) in [5.74, 6) is 0. The summed E-state index contributed by atoms with van der Waals surface area (Å²) < 4.78 is 0. The van der Waals surface area contributed by atoms with Crippen LogP contribution in [0.3, 0.4) is 0 Å². The summed E-state index contributed by atoms with van der Waals surface area (Å²) in [4.78, 5) is 0. The Balaban J connectivity index is 1.54. The summed E-state index contributed by atoms with van der Waals surface area (Å²) in [7, 11) is 0. The van der Waals surface area contributed by atoms with Gasteiger partial charge in [-0.3, -0.25) is 0 Å². The van der Waals surface area contributed by atoms with E-state index < -0.39 is 0 Å². The molecule has 0 aliphatic heterocycles. The van der Waals surface area contributed by atoms with Gasteiger partial charge in [0.2, 0.25) is 0 Å². The van der Waals surface area contributed by atoms with Crippen molar-refractivity contribution in [3.05, 3.63) is 0 Å². The molecule has 4 atom stereocenters. The van der Waals surface area contributed by atoms with E-state index in [0.717, 1.165) is 51.6 Å². The molecular weight excluding hydrogens is 204 g/mol. The fourth-order valence-corrected chi connectivity index (χ4v) is 2.87. The fourth-order valence-electron chi connectivity index (χ4n) is 2.87. The number of hydrogen-bond donors (Lipinski definition) is 4. The lowest BCUT2D eigenvalue weighted by atomic mass is 10.2. The molecule has 2 rings (SSSR count). The van der Waals surface area contributed by atoms with Crippen molar-refractivity contribution in [2.45, 2.75) is 62.8 Å². The van der Waals surface area contributed by atoms with Crippen LogP contribution in [0.15, 0.2) is 0 Å². The zero-order valence-electron chi connectivity index (χ0n) is 9.86. The Labute approximate surface area is 97.4 Å². The first-order valence-electron chi connectivity index (χ1n) is 6.60. The lowest BCUT2D eigenvalue weighted by molar-refractivity contribution is 0.142. The van der Waals surface area contributed by atoms with Gasteiger partial charge in [0.15, 0.2) is 0 Å². The molecule has 4 heteroatoms. The van der Waals surface area contributed by atoms with Crippen molar-refractivity contribution in [2.24, 2.45) is 0 Å². The molecule has 0 aromatic carbocycles. The van der Waals surface area contributed by atoms with E-state index in [1.165, 1.54) is 0 Å². The second kappa shape index (κ2) is 5.96. The van der Waals surface area contributed by atoms with Gasteiger partial charge >= 0.3 is 0 Å². The average Bonchev–Trinajstić information content (AvgIpc) is 2.84. The summed E-state index contributed by atoms with van der Waals surface area (Å²) >= 11 is 0. The molecule has 16 heavy (non-hydrogen) atoms. The van der Waals surface area contributed by atoms with E-state index >= 15 is 0 Å². The van der Waals surface area contributed by atoms with Crippen LogP contribution >= 0.6 is 0 Å². The molecule has 0 radical (unpaired) electrons. The Morgan fingerprint density at radius 1 is 0.750 bits per heavy atom. The second-order valence-electron chi connectivity index (χ2n) is 5.12. The normalized spacial score (nSPS) is 39.4. The Morgan fingerprint density at radius 2 is 1.19 bits per heavy atom. The highest BCUT2D eigenvalue weighted by molar-refractivity contribution is 4.85. The van der Waals surface area contributed by atoms with Crippen molar-refractivity contribution in [1.29, 1.82) is 0 Å².